The number of carbonyl (C=O) groups excluding carboxylic acids is 1. The highest BCUT2D eigenvalue weighted by Gasteiger charge is 2.62. The Morgan fingerprint density at radius 3 is 2.59 bits per heavy atom. The van der Waals surface area contributed by atoms with E-state index in [0.717, 1.165) is 30.4 Å². The summed E-state index contributed by atoms with van der Waals surface area (Å²) in [5, 5.41) is 0.0466. The third kappa shape index (κ3) is 3.60. The van der Waals surface area contributed by atoms with Crippen molar-refractivity contribution in [2.24, 2.45) is 5.41 Å². The van der Waals surface area contributed by atoms with Crippen LogP contribution in [0.4, 0.5) is 9.18 Å². The first-order valence-electron chi connectivity index (χ1n) is 10.9. The van der Waals surface area contributed by atoms with Gasteiger partial charge in [0.1, 0.15) is 17.2 Å². The summed E-state index contributed by atoms with van der Waals surface area (Å²) < 4.78 is 27.4. The van der Waals surface area contributed by atoms with Crippen molar-refractivity contribution in [3.8, 4) is 5.75 Å². The Hall–Kier alpha value is -1.79. The van der Waals surface area contributed by atoms with Crippen molar-refractivity contribution in [1.29, 1.82) is 0 Å². The number of carbonyl (C=O) groups is 1. The summed E-state index contributed by atoms with van der Waals surface area (Å²) in [7, 11) is 0. The highest BCUT2D eigenvalue weighted by molar-refractivity contribution is 9.10. The molecule has 2 fully saturated rings. The summed E-state index contributed by atoms with van der Waals surface area (Å²) in [5.41, 5.74) is 0.436. The van der Waals surface area contributed by atoms with Gasteiger partial charge in [0.2, 0.25) is 0 Å². The predicted octanol–water partition coefficient (Wildman–Crippen LogP) is 6.86. The summed E-state index contributed by atoms with van der Waals surface area (Å²) in [4.78, 5) is 15.2. The fourth-order valence-corrected chi connectivity index (χ4v) is 5.84. The van der Waals surface area contributed by atoms with Gasteiger partial charge in [0.05, 0.1) is 11.1 Å². The molecule has 2 heterocycles. The summed E-state index contributed by atoms with van der Waals surface area (Å²) >= 11 is 9.68. The molecule has 1 saturated carbocycles. The van der Waals surface area contributed by atoms with Crippen molar-refractivity contribution in [2.75, 3.05) is 6.54 Å². The van der Waals surface area contributed by atoms with Crippen molar-refractivity contribution in [3.63, 3.8) is 0 Å². The second kappa shape index (κ2) is 7.36. The van der Waals surface area contributed by atoms with Crippen LogP contribution >= 0.6 is 27.5 Å². The first-order valence-corrected chi connectivity index (χ1v) is 12.1. The van der Waals surface area contributed by atoms with Gasteiger partial charge in [-0.1, -0.05) is 41.9 Å². The van der Waals surface area contributed by atoms with Gasteiger partial charge in [-0.2, -0.15) is 0 Å². The Labute approximate surface area is 201 Å². The topological polar surface area (TPSA) is 38.8 Å². The molecule has 0 N–H and O–H groups in total. The molecule has 1 saturated heterocycles. The molecule has 3 aliphatic rings. The van der Waals surface area contributed by atoms with Crippen molar-refractivity contribution >= 4 is 33.6 Å². The predicted molar refractivity (Wildman–Crippen MR) is 125 cm³/mol. The first-order chi connectivity index (χ1) is 15.0. The minimum Gasteiger partial charge on any atom is -0.480 e. The average Bonchev–Trinajstić information content (AvgIpc) is 3.20. The van der Waals surface area contributed by atoms with E-state index in [1.807, 2.05) is 56.0 Å². The third-order valence-electron chi connectivity index (χ3n) is 6.85. The van der Waals surface area contributed by atoms with Crippen LogP contribution in [0, 0.1) is 11.2 Å². The molecule has 7 heteroatoms. The molecule has 32 heavy (non-hydrogen) atoms. The molecule has 1 amide bonds. The molecule has 2 aromatic rings. The number of ether oxygens (including phenoxy) is 2. The second-order valence-electron chi connectivity index (χ2n) is 10.3. The monoisotopic (exact) mass is 521 g/mol. The van der Waals surface area contributed by atoms with E-state index < -0.39 is 17.0 Å². The Kier molecular flexibility index (Phi) is 5.06. The van der Waals surface area contributed by atoms with E-state index in [9.17, 15) is 9.18 Å². The van der Waals surface area contributed by atoms with Crippen molar-refractivity contribution < 1.29 is 18.7 Å². The molecule has 0 radical (unpaired) electrons. The molecular weight excluding hydrogens is 497 g/mol. The van der Waals surface area contributed by atoms with E-state index in [2.05, 4.69) is 15.9 Å². The first kappa shape index (κ1) is 22.0. The smallest absolute Gasteiger partial charge is 0.410 e. The summed E-state index contributed by atoms with van der Waals surface area (Å²) in [6.07, 6.45) is 3.15. The highest BCUT2D eigenvalue weighted by Crippen LogP contribution is 2.60. The zero-order chi connectivity index (χ0) is 22.9. The van der Waals surface area contributed by atoms with Crippen molar-refractivity contribution in [3.05, 3.63) is 62.8 Å². The van der Waals surface area contributed by atoms with Gasteiger partial charge in [-0.3, -0.25) is 0 Å². The number of nitrogens with zero attached hydrogens (tertiary/aromatic N) is 1. The van der Waals surface area contributed by atoms with Crippen LogP contribution in [0.2, 0.25) is 5.02 Å². The summed E-state index contributed by atoms with van der Waals surface area (Å²) in [5.74, 6) is -0.0706. The normalized spacial score (nSPS) is 25.6. The van der Waals surface area contributed by atoms with Gasteiger partial charge in [0.15, 0.2) is 5.60 Å². The number of likely N-dealkylation sites (tertiary alicyclic amines) is 1. The Morgan fingerprint density at radius 2 is 1.97 bits per heavy atom. The van der Waals surface area contributed by atoms with Gasteiger partial charge in [-0.05, 0) is 66.9 Å². The molecule has 2 aliphatic heterocycles. The van der Waals surface area contributed by atoms with Crippen LogP contribution in [-0.2, 0) is 16.8 Å². The van der Waals surface area contributed by atoms with Gasteiger partial charge < -0.3 is 14.4 Å². The molecular formula is C25H26BrClFNO3. The van der Waals surface area contributed by atoms with Crippen LogP contribution in [0.1, 0.15) is 51.2 Å². The highest BCUT2D eigenvalue weighted by atomic mass is 79.9. The Balaban J connectivity index is 1.62. The number of fused-ring (bicyclic) bond motifs is 1. The fraction of sp³-hybridized carbons (Fsp3) is 0.480. The molecule has 5 rings (SSSR count). The lowest BCUT2D eigenvalue weighted by Gasteiger charge is -2.40. The molecule has 0 aromatic heterocycles. The van der Waals surface area contributed by atoms with E-state index in [0.29, 0.717) is 23.2 Å². The van der Waals surface area contributed by atoms with Crippen LogP contribution in [0.3, 0.4) is 0 Å². The largest absolute Gasteiger partial charge is 0.480 e. The molecule has 170 valence electrons. The van der Waals surface area contributed by atoms with E-state index in [-0.39, 0.29) is 22.6 Å². The van der Waals surface area contributed by atoms with Crippen LogP contribution in [0.5, 0.6) is 5.75 Å². The SMILES string of the molecule is CC(C)(C)OC(=O)N1CC2(CC2)C[C@H]1[C@@]1(c2ccccc2)Cc2c(cc(F)c(Cl)c2Br)O1. The number of hydrogen-bond acceptors (Lipinski definition) is 3. The lowest BCUT2D eigenvalue weighted by atomic mass is 9.80. The second-order valence-corrected chi connectivity index (χ2v) is 11.5. The quantitative estimate of drug-likeness (QED) is 0.404. The van der Waals surface area contributed by atoms with Gasteiger partial charge in [-0.15, -0.1) is 0 Å². The van der Waals surface area contributed by atoms with E-state index in [4.69, 9.17) is 21.1 Å². The molecule has 1 aliphatic carbocycles. The number of rotatable bonds is 2. The van der Waals surface area contributed by atoms with Crippen LogP contribution < -0.4 is 4.74 Å². The van der Waals surface area contributed by atoms with E-state index in [1.165, 1.54) is 6.07 Å². The maximum atomic E-state index is 14.5. The molecule has 2 atom stereocenters. The number of benzene rings is 2. The molecule has 4 nitrogen and oxygen atoms in total. The van der Waals surface area contributed by atoms with Crippen LogP contribution in [-0.4, -0.2) is 29.2 Å². The number of halogens is 3. The Bertz CT molecular complexity index is 1080. The minimum absolute atomic E-state index is 0.0466. The lowest BCUT2D eigenvalue weighted by molar-refractivity contribution is -0.0216. The lowest BCUT2D eigenvalue weighted by Crippen LogP contribution is -2.53. The molecule has 0 unspecified atom stereocenters. The Morgan fingerprint density at radius 1 is 1.28 bits per heavy atom. The van der Waals surface area contributed by atoms with Crippen LogP contribution in [0.15, 0.2) is 40.9 Å². The van der Waals surface area contributed by atoms with Crippen molar-refractivity contribution in [1.82, 2.24) is 4.90 Å². The van der Waals surface area contributed by atoms with Gasteiger partial charge in [0, 0.05) is 29.1 Å². The van der Waals surface area contributed by atoms with Crippen molar-refractivity contribution in [2.45, 2.75) is 63.7 Å². The van der Waals surface area contributed by atoms with E-state index in [1.54, 1.807) is 0 Å². The molecule has 0 bridgehead atoms. The zero-order valence-corrected chi connectivity index (χ0v) is 20.7. The maximum Gasteiger partial charge on any atom is 0.410 e. The minimum atomic E-state index is -0.855. The zero-order valence-electron chi connectivity index (χ0n) is 18.4. The summed E-state index contributed by atoms with van der Waals surface area (Å²) in [6.45, 7) is 6.27. The summed E-state index contributed by atoms with van der Waals surface area (Å²) in [6, 6.07) is 11.0. The standard InChI is InChI=1S/C25H26BrClFNO3/c1-23(2,3)32-22(30)29-14-24(9-10-24)13-19(29)25(15-7-5-4-6-8-15)12-16-18(31-25)11-17(28)21(27)20(16)26/h4-8,11,19H,9-10,12-14H2,1-3H3/t19-,25-/m0/s1. The van der Waals surface area contributed by atoms with E-state index >= 15 is 0 Å². The average molecular weight is 523 g/mol. The van der Waals surface area contributed by atoms with Gasteiger partial charge in [-0.25, -0.2) is 9.18 Å². The number of hydrogen-bond donors (Lipinski definition) is 0. The molecule has 1 spiro atoms. The van der Waals surface area contributed by atoms with Gasteiger partial charge >= 0.3 is 6.09 Å². The maximum absolute atomic E-state index is 14.5. The van der Waals surface area contributed by atoms with Crippen LogP contribution in [0.25, 0.3) is 0 Å². The molecule has 2 aromatic carbocycles. The fourth-order valence-electron chi connectivity index (χ4n) is 5.15. The number of amides is 1. The van der Waals surface area contributed by atoms with Gasteiger partial charge in [0.25, 0.3) is 0 Å². The third-order valence-corrected chi connectivity index (χ3v) is 8.32.